The number of amidine groups is 1. The summed E-state index contributed by atoms with van der Waals surface area (Å²) in [5.74, 6) is 0.995. The fourth-order valence-corrected chi connectivity index (χ4v) is 8.15. The van der Waals surface area contributed by atoms with Crippen molar-refractivity contribution >= 4 is 41.3 Å². The lowest BCUT2D eigenvalue weighted by molar-refractivity contribution is -0.134. The molecule has 0 aromatic heterocycles. The van der Waals surface area contributed by atoms with E-state index in [1.807, 2.05) is 24.3 Å². The Bertz CT molecular complexity index is 1880. The van der Waals surface area contributed by atoms with Crippen LogP contribution in [-0.4, -0.2) is 54.5 Å². The molecule has 0 radical (unpaired) electrons. The monoisotopic (exact) mass is 717 g/mol. The zero-order chi connectivity index (χ0) is 37.1. The first-order valence-corrected chi connectivity index (χ1v) is 19.5. The highest BCUT2D eigenvalue weighted by Crippen LogP contribution is 2.38. The molecular weight excluding hydrogens is 666 g/mol. The average molecular weight is 718 g/mol. The molecule has 278 valence electrons. The van der Waals surface area contributed by atoms with E-state index in [4.69, 9.17) is 19.2 Å². The minimum absolute atomic E-state index is 0.117. The standard InChI is InChI=1S/C44H51N3O6/c1-5-40(48)51-35-18-15-30(16-19-35)20-23-47-42(49)39(26-31-24-33-10-8-21-46-22-9-11-34(25-31)41(33)46)53-44(47)45-37-13-7-6-12-36(37)43(50)52-38-27-32(28(2)3)17-14-29(38)4/h6-7,12-13,15-16,18-19,24-26,28-29,32,38H,5,8-11,14,17,20-23,27H2,1-4H3/b39-26+,45-44-/t29?,32-,38?/m0/s1. The average Bonchev–Trinajstić information content (AvgIpc) is 3.44. The minimum atomic E-state index is -0.418. The van der Waals surface area contributed by atoms with Crippen LogP contribution < -0.4 is 9.64 Å². The van der Waals surface area contributed by atoms with Gasteiger partial charge in [0.2, 0.25) is 0 Å². The highest BCUT2D eigenvalue weighted by Gasteiger charge is 2.36. The highest BCUT2D eigenvalue weighted by molar-refractivity contribution is 6.12. The number of amides is 1. The number of benzene rings is 3. The first-order chi connectivity index (χ1) is 25.7. The molecule has 3 aromatic carbocycles. The van der Waals surface area contributed by atoms with Crippen LogP contribution in [0.5, 0.6) is 5.75 Å². The molecule has 0 N–H and O–H groups in total. The predicted molar refractivity (Wildman–Crippen MR) is 206 cm³/mol. The van der Waals surface area contributed by atoms with Crippen LogP contribution in [0.25, 0.3) is 6.08 Å². The van der Waals surface area contributed by atoms with Crippen molar-refractivity contribution in [3.8, 4) is 5.75 Å². The Hall–Kier alpha value is -4.92. The number of hydrogen-bond acceptors (Lipinski definition) is 8. The normalized spacial score (nSPS) is 22.6. The van der Waals surface area contributed by atoms with E-state index < -0.39 is 5.97 Å². The number of esters is 2. The summed E-state index contributed by atoms with van der Waals surface area (Å²) in [6.45, 7) is 10.9. The lowest BCUT2D eigenvalue weighted by Crippen LogP contribution is -2.34. The van der Waals surface area contributed by atoms with Crippen molar-refractivity contribution < 1.29 is 28.6 Å². The zero-order valence-corrected chi connectivity index (χ0v) is 31.4. The van der Waals surface area contributed by atoms with Crippen molar-refractivity contribution in [2.24, 2.45) is 22.7 Å². The summed E-state index contributed by atoms with van der Waals surface area (Å²) in [6, 6.07) is 18.9. The number of carbonyl (C=O) groups excluding carboxylic acids is 3. The summed E-state index contributed by atoms with van der Waals surface area (Å²) in [5.41, 5.74) is 6.63. The number of carbonyl (C=O) groups is 3. The maximum Gasteiger partial charge on any atom is 0.340 e. The third-order valence-electron chi connectivity index (χ3n) is 11.3. The lowest BCUT2D eigenvalue weighted by atomic mass is 9.76. The van der Waals surface area contributed by atoms with Gasteiger partial charge in [-0.3, -0.25) is 14.5 Å². The molecule has 3 aliphatic heterocycles. The van der Waals surface area contributed by atoms with Crippen molar-refractivity contribution in [3.05, 3.63) is 94.2 Å². The summed E-state index contributed by atoms with van der Waals surface area (Å²) < 4.78 is 17.8. The van der Waals surface area contributed by atoms with Crippen molar-refractivity contribution in [1.82, 2.24) is 4.90 Å². The number of hydrogen-bond donors (Lipinski definition) is 0. The lowest BCUT2D eigenvalue weighted by Gasteiger charge is -2.37. The third kappa shape index (κ3) is 8.19. The van der Waals surface area contributed by atoms with Crippen molar-refractivity contribution in [1.29, 1.82) is 0 Å². The SMILES string of the molecule is CCC(=O)Oc1ccc(CCN2C(=O)/C(=C\c3cc4c5c(c3)CCCN5CCC4)O/C2=N\c2ccccc2C(=O)OC2C[C@@H](C(C)C)CCC2C)cc1. The molecule has 3 aromatic rings. The number of para-hydroxylation sites is 1. The van der Waals surface area contributed by atoms with Crippen LogP contribution in [0, 0.1) is 17.8 Å². The maximum atomic E-state index is 14.1. The van der Waals surface area contributed by atoms with Crippen molar-refractivity contribution in [2.45, 2.75) is 91.6 Å². The van der Waals surface area contributed by atoms with E-state index in [1.54, 1.807) is 42.2 Å². The van der Waals surface area contributed by atoms with Gasteiger partial charge in [0, 0.05) is 31.7 Å². The van der Waals surface area contributed by atoms with Crippen LogP contribution in [0.1, 0.15) is 98.8 Å². The smallest absolute Gasteiger partial charge is 0.340 e. The molecule has 53 heavy (non-hydrogen) atoms. The molecule has 1 saturated carbocycles. The summed E-state index contributed by atoms with van der Waals surface area (Å²) in [5, 5.41) is 0. The second-order valence-corrected chi connectivity index (χ2v) is 15.3. The molecule has 7 rings (SSSR count). The van der Waals surface area contributed by atoms with Crippen LogP contribution in [0.3, 0.4) is 0 Å². The second kappa shape index (κ2) is 16.0. The van der Waals surface area contributed by atoms with Gasteiger partial charge in [-0.15, -0.1) is 0 Å². The molecule has 9 nitrogen and oxygen atoms in total. The van der Waals surface area contributed by atoms with Crippen LogP contribution in [0.4, 0.5) is 11.4 Å². The summed E-state index contributed by atoms with van der Waals surface area (Å²) in [4.78, 5) is 48.5. The van der Waals surface area contributed by atoms with E-state index in [1.165, 1.54) is 16.8 Å². The summed E-state index contributed by atoms with van der Waals surface area (Å²) >= 11 is 0. The van der Waals surface area contributed by atoms with E-state index in [0.29, 0.717) is 41.7 Å². The van der Waals surface area contributed by atoms with Crippen LogP contribution in [-0.2, 0) is 38.3 Å². The molecule has 0 spiro atoms. The van der Waals surface area contributed by atoms with Gasteiger partial charge in [0.15, 0.2) is 5.76 Å². The molecule has 4 aliphatic rings. The van der Waals surface area contributed by atoms with Gasteiger partial charge in [0.25, 0.3) is 5.91 Å². The topological polar surface area (TPSA) is 97.7 Å². The van der Waals surface area contributed by atoms with E-state index in [-0.39, 0.29) is 42.2 Å². The quantitative estimate of drug-likeness (QED) is 0.118. The molecule has 2 fully saturated rings. The number of aliphatic imine (C=N–C) groups is 1. The maximum absolute atomic E-state index is 14.1. The number of nitrogens with zero attached hydrogens (tertiary/aromatic N) is 3. The molecule has 1 saturated heterocycles. The largest absolute Gasteiger partial charge is 0.458 e. The van der Waals surface area contributed by atoms with Crippen molar-refractivity contribution in [2.75, 3.05) is 24.5 Å². The van der Waals surface area contributed by atoms with E-state index in [0.717, 1.165) is 69.2 Å². The molecule has 3 atom stereocenters. The zero-order valence-electron chi connectivity index (χ0n) is 31.4. The second-order valence-electron chi connectivity index (χ2n) is 15.3. The fourth-order valence-electron chi connectivity index (χ4n) is 8.15. The van der Waals surface area contributed by atoms with E-state index >= 15 is 0 Å². The van der Waals surface area contributed by atoms with Gasteiger partial charge in [-0.25, -0.2) is 4.79 Å². The third-order valence-corrected chi connectivity index (χ3v) is 11.3. The Morgan fingerprint density at radius 1 is 1.00 bits per heavy atom. The van der Waals surface area contributed by atoms with Crippen LogP contribution >= 0.6 is 0 Å². The van der Waals surface area contributed by atoms with E-state index in [9.17, 15) is 14.4 Å². The van der Waals surface area contributed by atoms with Crippen molar-refractivity contribution in [3.63, 3.8) is 0 Å². The van der Waals surface area contributed by atoms with Gasteiger partial charge in [-0.2, -0.15) is 4.99 Å². The Morgan fingerprint density at radius 3 is 2.42 bits per heavy atom. The van der Waals surface area contributed by atoms with Gasteiger partial charge >= 0.3 is 18.0 Å². The van der Waals surface area contributed by atoms with Crippen LogP contribution in [0.15, 0.2) is 71.4 Å². The molecule has 9 heteroatoms. The summed E-state index contributed by atoms with van der Waals surface area (Å²) in [7, 11) is 0. The van der Waals surface area contributed by atoms with Crippen LogP contribution in [0.2, 0.25) is 0 Å². The van der Waals surface area contributed by atoms with E-state index in [2.05, 4.69) is 37.8 Å². The Morgan fingerprint density at radius 2 is 1.72 bits per heavy atom. The highest BCUT2D eigenvalue weighted by atomic mass is 16.5. The van der Waals surface area contributed by atoms with Gasteiger partial charge in [0.05, 0.1) is 11.3 Å². The van der Waals surface area contributed by atoms with Gasteiger partial charge < -0.3 is 19.1 Å². The molecule has 1 aliphatic carbocycles. The first-order valence-electron chi connectivity index (χ1n) is 19.5. The Kier molecular flexibility index (Phi) is 11.0. The van der Waals surface area contributed by atoms with Gasteiger partial charge in [-0.05, 0) is 134 Å². The number of aryl methyl sites for hydroxylation is 2. The van der Waals surface area contributed by atoms with Gasteiger partial charge in [0.1, 0.15) is 11.9 Å². The molecular formula is C44H51N3O6. The Balaban J connectivity index is 1.17. The predicted octanol–water partition coefficient (Wildman–Crippen LogP) is 8.45. The minimum Gasteiger partial charge on any atom is -0.458 e. The molecule has 2 unspecified atom stereocenters. The first kappa shape index (κ1) is 36.4. The molecule has 3 heterocycles. The Labute approximate surface area is 313 Å². The molecule has 0 bridgehead atoms. The fraction of sp³-hybridized carbons (Fsp3) is 0.455. The number of ether oxygens (including phenoxy) is 3. The number of anilines is 1. The van der Waals surface area contributed by atoms with Gasteiger partial charge in [-0.1, -0.05) is 52.0 Å². The number of rotatable bonds is 10. The summed E-state index contributed by atoms with van der Waals surface area (Å²) in [6.07, 6.45) is 9.77. The molecule has 1 amide bonds.